The van der Waals surface area contributed by atoms with Crippen molar-refractivity contribution in [3.63, 3.8) is 0 Å². The number of ether oxygens (including phenoxy) is 1. The summed E-state index contributed by atoms with van der Waals surface area (Å²) in [5.74, 6) is 0.829. The van der Waals surface area contributed by atoms with E-state index < -0.39 is 0 Å². The van der Waals surface area contributed by atoms with Gasteiger partial charge in [0.15, 0.2) is 0 Å². The highest BCUT2D eigenvalue weighted by atomic mass is 16.5. The topological polar surface area (TPSA) is 33.1 Å². The fraction of sp³-hybridized carbons (Fsp3) is 0.222. The van der Waals surface area contributed by atoms with Gasteiger partial charge in [-0.3, -0.25) is 0 Å². The Labute approximate surface area is 66.3 Å². The van der Waals surface area contributed by atoms with Crippen molar-refractivity contribution in [2.75, 3.05) is 7.11 Å². The van der Waals surface area contributed by atoms with Crippen molar-refractivity contribution in [3.8, 4) is 5.75 Å². The molecule has 58 valence electrons. The lowest BCUT2D eigenvalue weighted by atomic mass is 10.1. The van der Waals surface area contributed by atoms with Gasteiger partial charge in [0.05, 0.1) is 7.11 Å². The number of benzene rings is 1. The van der Waals surface area contributed by atoms with Crippen LogP contribution in [0, 0.1) is 5.41 Å². The summed E-state index contributed by atoms with van der Waals surface area (Å²) in [4.78, 5) is 0. The molecule has 1 aromatic carbocycles. The van der Waals surface area contributed by atoms with Gasteiger partial charge in [0.1, 0.15) is 5.75 Å². The molecule has 0 saturated carbocycles. The number of methoxy groups -OCH3 is 1. The minimum absolute atomic E-state index is 0.577. The van der Waals surface area contributed by atoms with Crippen molar-refractivity contribution in [1.29, 1.82) is 5.41 Å². The smallest absolute Gasteiger partial charge is 0.118 e. The molecule has 1 rings (SSSR count). The molecule has 0 radical (unpaired) electrons. The van der Waals surface area contributed by atoms with Gasteiger partial charge in [-0.25, -0.2) is 0 Å². The average molecular weight is 149 g/mol. The third kappa shape index (κ3) is 1.80. The Morgan fingerprint density at radius 1 is 1.27 bits per heavy atom. The molecule has 0 saturated heterocycles. The first-order chi connectivity index (χ1) is 5.24. The number of nitrogens with one attached hydrogen (secondary N) is 1. The second-order valence-electron chi connectivity index (χ2n) is 2.35. The van der Waals surface area contributed by atoms with Crippen molar-refractivity contribution < 1.29 is 4.74 Å². The Morgan fingerprint density at radius 2 is 1.82 bits per heavy atom. The molecule has 1 aromatic rings. The third-order valence-corrected chi connectivity index (χ3v) is 1.52. The minimum Gasteiger partial charge on any atom is -0.497 e. The molecule has 0 fully saturated rings. The van der Waals surface area contributed by atoms with Gasteiger partial charge in [0.25, 0.3) is 0 Å². The summed E-state index contributed by atoms with van der Waals surface area (Å²) in [7, 11) is 1.63. The predicted octanol–water partition coefficient (Wildman–Crippen LogP) is 2.08. The van der Waals surface area contributed by atoms with Gasteiger partial charge in [-0.15, -0.1) is 0 Å². The monoisotopic (exact) mass is 149 g/mol. The zero-order valence-electron chi connectivity index (χ0n) is 6.72. The van der Waals surface area contributed by atoms with Crippen LogP contribution in [0.15, 0.2) is 24.3 Å². The normalized spacial score (nSPS) is 9.27. The van der Waals surface area contributed by atoms with E-state index in [9.17, 15) is 0 Å². The van der Waals surface area contributed by atoms with E-state index in [1.807, 2.05) is 24.3 Å². The second-order valence-corrected chi connectivity index (χ2v) is 2.35. The highest BCUT2D eigenvalue weighted by molar-refractivity contribution is 5.96. The second kappa shape index (κ2) is 3.19. The van der Waals surface area contributed by atoms with Gasteiger partial charge in [0.2, 0.25) is 0 Å². The van der Waals surface area contributed by atoms with E-state index in [1.54, 1.807) is 14.0 Å². The van der Waals surface area contributed by atoms with Gasteiger partial charge >= 0.3 is 0 Å². The lowest BCUT2D eigenvalue weighted by Gasteiger charge is -2.00. The standard InChI is InChI=1S/C9H11NO/c1-7(10)8-3-5-9(11-2)6-4-8/h3-6,10H,1-2H3. The molecule has 0 aliphatic rings. The zero-order valence-corrected chi connectivity index (χ0v) is 6.72. The molecule has 0 amide bonds. The molecule has 11 heavy (non-hydrogen) atoms. The molecule has 0 bridgehead atoms. The Hall–Kier alpha value is -1.31. The van der Waals surface area contributed by atoms with Crippen molar-refractivity contribution in [3.05, 3.63) is 29.8 Å². The van der Waals surface area contributed by atoms with E-state index in [0.717, 1.165) is 11.3 Å². The lowest BCUT2D eigenvalue weighted by Crippen LogP contribution is -1.91. The highest BCUT2D eigenvalue weighted by Crippen LogP contribution is 2.11. The molecule has 0 heterocycles. The van der Waals surface area contributed by atoms with E-state index in [0.29, 0.717) is 5.71 Å². The lowest BCUT2D eigenvalue weighted by molar-refractivity contribution is 0.415. The first-order valence-electron chi connectivity index (χ1n) is 3.43. The first-order valence-corrected chi connectivity index (χ1v) is 3.43. The van der Waals surface area contributed by atoms with Crippen molar-refractivity contribution in [2.45, 2.75) is 6.92 Å². The molecule has 0 atom stereocenters. The summed E-state index contributed by atoms with van der Waals surface area (Å²) >= 11 is 0. The Morgan fingerprint density at radius 3 is 2.18 bits per heavy atom. The van der Waals surface area contributed by atoms with E-state index in [1.165, 1.54) is 0 Å². The van der Waals surface area contributed by atoms with Crippen molar-refractivity contribution >= 4 is 5.71 Å². The zero-order chi connectivity index (χ0) is 8.27. The summed E-state index contributed by atoms with van der Waals surface area (Å²) in [5, 5.41) is 7.32. The largest absolute Gasteiger partial charge is 0.497 e. The van der Waals surface area contributed by atoms with E-state index in [4.69, 9.17) is 10.1 Å². The molecule has 0 aromatic heterocycles. The van der Waals surface area contributed by atoms with Gasteiger partial charge in [-0.1, -0.05) is 0 Å². The maximum atomic E-state index is 7.32. The molecule has 0 aliphatic heterocycles. The minimum atomic E-state index is 0.577. The number of rotatable bonds is 2. The molecule has 1 N–H and O–H groups in total. The Bertz CT molecular complexity index is 251. The molecular formula is C9H11NO. The quantitative estimate of drug-likeness (QED) is 0.641. The van der Waals surface area contributed by atoms with Crippen molar-refractivity contribution in [1.82, 2.24) is 0 Å². The summed E-state index contributed by atoms with van der Waals surface area (Å²) in [6.07, 6.45) is 0. The van der Waals surface area contributed by atoms with Crippen LogP contribution in [-0.2, 0) is 0 Å². The maximum Gasteiger partial charge on any atom is 0.118 e. The summed E-state index contributed by atoms with van der Waals surface area (Å²) in [6.45, 7) is 1.77. The fourth-order valence-corrected chi connectivity index (χ4v) is 0.841. The highest BCUT2D eigenvalue weighted by Gasteiger charge is 1.94. The van der Waals surface area contributed by atoms with Gasteiger partial charge < -0.3 is 10.1 Å². The van der Waals surface area contributed by atoms with Crippen LogP contribution in [0.4, 0.5) is 0 Å². The van der Waals surface area contributed by atoms with E-state index in [-0.39, 0.29) is 0 Å². The van der Waals surface area contributed by atoms with Crippen LogP contribution in [0.25, 0.3) is 0 Å². The van der Waals surface area contributed by atoms with E-state index >= 15 is 0 Å². The molecule has 0 spiro atoms. The first kappa shape index (κ1) is 7.79. The maximum absolute atomic E-state index is 7.32. The molecular weight excluding hydrogens is 138 g/mol. The van der Waals surface area contributed by atoms with Crippen LogP contribution >= 0.6 is 0 Å². The predicted molar refractivity (Wildman–Crippen MR) is 45.5 cm³/mol. The van der Waals surface area contributed by atoms with Crippen LogP contribution in [0.2, 0.25) is 0 Å². The van der Waals surface area contributed by atoms with Gasteiger partial charge in [-0.05, 0) is 36.8 Å². The van der Waals surface area contributed by atoms with Crippen LogP contribution in [-0.4, -0.2) is 12.8 Å². The molecule has 2 nitrogen and oxygen atoms in total. The fourth-order valence-electron chi connectivity index (χ4n) is 0.841. The van der Waals surface area contributed by atoms with Crippen LogP contribution < -0.4 is 4.74 Å². The van der Waals surface area contributed by atoms with Crippen LogP contribution in [0.1, 0.15) is 12.5 Å². The Kier molecular flexibility index (Phi) is 2.26. The summed E-state index contributed by atoms with van der Waals surface area (Å²) in [5.41, 5.74) is 1.51. The SMILES string of the molecule is COc1ccc(C(C)=N)cc1. The molecule has 0 unspecified atom stereocenters. The average Bonchev–Trinajstić information content (AvgIpc) is 2.05. The van der Waals surface area contributed by atoms with Gasteiger partial charge in [0, 0.05) is 5.71 Å². The molecule has 0 aliphatic carbocycles. The Balaban J connectivity index is 2.91. The van der Waals surface area contributed by atoms with E-state index in [2.05, 4.69) is 0 Å². The number of hydrogen-bond donors (Lipinski definition) is 1. The summed E-state index contributed by atoms with van der Waals surface area (Å²) < 4.78 is 4.98. The van der Waals surface area contributed by atoms with Crippen LogP contribution in [0.3, 0.4) is 0 Å². The van der Waals surface area contributed by atoms with Crippen LogP contribution in [0.5, 0.6) is 5.75 Å². The molecule has 2 heteroatoms. The number of hydrogen-bond acceptors (Lipinski definition) is 2. The third-order valence-electron chi connectivity index (χ3n) is 1.52. The van der Waals surface area contributed by atoms with Gasteiger partial charge in [-0.2, -0.15) is 0 Å². The van der Waals surface area contributed by atoms with Crippen molar-refractivity contribution in [2.24, 2.45) is 0 Å². The summed E-state index contributed by atoms with van der Waals surface area (Å²) in [6, 6.07) is 7.46.